The summed E-state index contributed by atoms with van der Waals surface area (Å²) in [5.74, 6) is -0.410. The molecule has 0 atom stereocenters. The quantitative estimate of drug-likeness (QED) is 0.523. The highest BCUT2D eigenvalue weighted by molar-refractivity contribution is 5.89. The van der Waals surface area contributed by atoms with E-state index in [0.29, 0.717) is 6.07 Å². The van der Waals surface area contributed by atoms with E-state index < -0.39 is 17.8 Å². The van der Waals surface area contributed by atoms with Gasteiger partial charge in [0.2, 0.25) is 5.90 Å². The summed E-state index contributed by atoms with van der Waals surface area (Å²) < 4.78 is 40.4. The van der Waals surface area contributed by atoms with Gasteiger partial charge in [0.1, 0.15) is 11.4 Å². The molecule has 1 aromatic heterocycles. The second-order valence-corrected chi connectivity index (χ2v) is 2.20. The van der Waals surface area contributed by atoms with E-state index >= 15 is 0 Å². The zero-order chi connectivity index (χ0) is 10.1. The summed E-state index contributed by atoms with van der Waals surface area (Å²) in [7, 11) is 1.18. The molecule has 0 aliphatic rings. The topological polar surface area (TPSA) is 61.8 Å². The molecule has 0 saturated carbocycles. The smallest absolute Gasteiger partial charge is 0.432 e. The molecule has 7 heteroatoms. The van der Waals surface area contributed by atoms with E-state index in [1.807, 2.05) is 0 Å². The molecule has 13 heavy (non-hydrogen) atoms. The predicted octanol–water partition coefficient (Wildman–Crippen LogP) is 1.40. The Morgan fingerprint density at radius 1 is 1.62 bits per heavy atom. The molecule has 0 bridgehead atoms. The fraction of sp³-hybridized carbons (Fsp3) is 0.333. The summed E-state index contributed by atoms with van der Waals surface area (Å²) in [5, 5.41) is 12.0. The van der Waals surface area contributed by atoms with Crippen LogP contribution in [-0.4, -0.2) is 23.2 Å². The van der Waals surface area contributed by atoms with Crippen molar-refractivity contribution in [2.24, 2.45) is 0 Å². The Hall–Kier alpha value is -1.53. The highest BCUT2D eigenvalue weighted by atomic mass is 19.4. The van der Waals surface area contributed by atoms with E-state index in [2.05, 4.69) is 9.84 Å². The first-order valence-electron chi connectivity index (χ1n) is 3.20. The third-order valence-electron chi connectivity index (χ3n) is 1.32. The molecule has 0 spiro atoms. The number of aromatic amines is 1. The Bertz CT molecular complexity index is 317. The van der Waals surface area contributed by atoms with Gasteiger partial charge in [0.25, 0.3) is 0 Å². The van der Waals surface area contributed by atoms with Crippen LogP contribution in [0.4, 0.5) is 13.2 Å². The number of ether oxygens (including phenoxy) is 1. The van der Waals surface area contributed by atoms with Crippen molar-refractivity contribution in [2.75, 3.05) is 7.11 Å². The summed E-state index contributed by atoms with van der Waals surface area (Å²) >= 11 is 0. The minimum Gasteiger partial charge on any atom is -0.480 e. The fourth-order valence-corrected chi connectivity index (χ4v) is 0.688. The summed E-state index contributed by atoms with van der Waals surface area (Å²) in [6.45, 7) is 0. The minimum atomic E-state index is -4.47. The number of rotatable bonds is 1. The lowest BCUT2D eigenvalue weighted by Gasteiger charge is -1.99. The number of aromatic nitrogens is 2. The number of hydrogen-bond acceptors (Lipinski definition) is 3. The van der Waals surface area contributed by atoms with Crippen LogP contribution in [0.25, 0.3) is 0 Å². The molecule has 1 rings (SSSR count). The van der Waals surface area contributed by atoms with Gasteiger partial charge in [0.15, 0.2) is 0 Å². The molecule has 0 aromatic carbocycles. The summed E-state index contributed by atoms with van der Waals surface area (Å²) in [5.41, 5.74) is -1.17. The third-order valence-corrected chi connectivity index (χ3v) is 1.32. The highest BCUT2D eigenvalue weighted by Gasteiger charge is 2.33. The molecule has 0 fully saturated rings. The van der Waals surface area contributed by atoms with Gasteiger partial charge in [-0.25, -0.2) is 0 Å². The zero-order valence-electron chi connectivity index (χ0n) is 6.57. The van der Waals surface area contributed by atoms with Crippen molar-refractivity contribution in [1.82, 2.24) is 10.2 Å². The Kier molecular flexibility index (Phi) is 2.26. The minimum absolute atomic E-state index is 0.171. The average molecular weight is 193 g/mol. The number of H-pyrrole nitrogens is 1. The Labute approximate surface area is 71.2 Å². The van der Waals surface area contributed by atoms with Crippen LogP contribution in [0.3, 0.4) is 0 Å². The third kappa shape index (κ3) is 1.98. The van der Waals surface area contributed by atoms with Gasteiger partial charge in [0.05, 0.1) is 7.11 Å². The Morgan fingerprint density at radius 2 is 2.23 bits per heavy atom. The van der Waals surface area contributed by atoms with Gasteiger partial charge in [-0.3, -0.25) is 10.5 Å². The summed E-state index contributed by atoms with van der Waals surface area (Å²) in [4.78, 5) is 0. The van der Waals surface area contributed by atoms with Crippen LogP contribution in [0.15, 0.2) is 6.07 Å². The number of hydrogen-bond donors (Lipinski definition) is 2. The molecule has 1 heterocycles. The molecule has 0 radical (unpaired) electrons. The first-order valence-corrected chi connectivity index (χ1v) is 3.20. The van der Waals surface area contributed by atoms with Gasteiger partial charge in [-0.1, -0.05) is 0 Å². The van der Waals surface area contributed by atoms with E-state index in [1.165, 1.54) is 7.11 Å². The van der Waals surface area contributed by atoms with E-state index in [9.17, 15) is 13.2 Å². The molecule has 0 saturated heterocycles. The average Bonchev–Trinajstić information content (AvgIpc) is 2.50. The number of nitrogens with zero attached hydrogens (tertiary/aromatic N) is 1. The fourth-order valence-electron chi connectivity index (χ4n) is 0.688. The standard InChI is InChI=1S/C6H6F3N3O/c1-13-5(10)3-2-4(12-11-3)6(7,8)9/h2,10H,1H3,(H,11,12). The molecule has 0 amide bonds. The van der Waals surface area contributed by atoms with Crippen molar-refractivity contribution >= 4 is 5.90 Å². The van der Waals surface area contributed by atoms with E-state index in [4.69, 9.17) is 5.41 Å². The Balaban J connectivity index is 2.93. The van der Waals surface area contributed by atoms with Crippen LogP contribution in [0, 0.1) is 5.41 Å². The van der Waals surface area contributed by atoms with E-state index in [-0.39, 0.29) is 5.69 Å². The molecule has 4 nitrogen and oxygen atoms in total. The monoisotopic (exact) mass is 193 g/mol. The molecular formula is C6H6F3N3O. The lowest BCUT2D eigenvalue weighted by molar-refractivity contribution is -0.141. The normalized spacial score (nSPS) is 11.4. The van der Waals surface area contributed by atoms with E-state index in [0.717, 1.165) is 0 Å². The maximum Gasteiger partial charge on any atom is 0.432 e. The van der Waals surface area contributed by atoms with Crippen molar-refractivity contribution in [2.45, 2.75) is 6.18 Å². The second kappa shape index (κ2) is 3.08. The van der Waals surface area contributed by atoms with Gasteiger partial charge < -0.3 is 4.74 Å². The van der Waals surface area contributed by atoms with Crippen molar-refractivity contribution in [3.63, 3.8) is 0 Å². The van der Waals surface area contributed by atoms with Crippen LogP contribution >= 0.6 is 0 Å². The largest absolute Gasteiger partial charge is 0.480 e. The van der Waals surface area contributed by atoms with Gasteiger partial charge in [0, 0.05) is 6.07 Å². The van der Waals surface area contributed by atoms with Crippen LogP contribution in [0.5, 0.6) is 0 Å². The number of halogens is 3. The lowest BCUT2D eigenvalue weighted by Crippen LogP contribution is -2.05. The van der Waals surface area contributed by atoms with Crippen molar-refractivity contribution in [1.29, 1.82) is 5.41 Å². The first kappa shape index (κ1) is 9.56. The number of alkyl halides is 3. The lowest BCUT2D eigenvalue weighted by atomic mass is 10.3. The van der Waals surface area contributed by atoms with Crippen LogP contribution in [0.1, 0.15) is 11.4 Å². The molecule has 0 unspecified atom stereocenters. The van der Waals surface area contributed by atoms with E-state index in [1.54, 1.807) is 5.10 Å². The summed E-state index contributed by atoms with van der Waals surface area (Å²) in [6.07, 6.45) is -4.47. The highest BCUT2D eigenvalue weighted by Crippen LogP contribution is 2.27. The van der Waals surface area contributed by atoms with Gasteiger partial charge in [-0.2, -0.15) is 18.3 Å². The van der Waals surface area contributed by atoms with Gasteiger partial charge in [-0.15, -0.1) is 0 Å². The van der Waals surface area contributed by atoms with Crippen LogP contribution < -0.4 is 0 Å². The van der Waals surface area contributed by atoms with Crippen LogP contribution in [0.2, 0.25) is 0 Å². The molecular weight excluding hydrogens is 187 g/mol. The van der Waals surface area contributed by atoms with Crippen molar-refractivity contribution in [3.8, 4) is 0 Å². The zero-order valence-corrected chi connectivity index (χ0v) is 6.57. The molecule has 72 valence electrons. The second-order valence-electron chi connectivity index (χ2n) is 2.20. The molecule has 1 aromatic rings. The number of methoxy groups -OCH3 is 1. The molecule has 2 N–H and O–H groups in total. The van der Waals surface area contributed by atoms with Crippen molar-refractivity contribution in [3.05, 3.63) is 17.5 Å². The first-order chi connectivity index (χ1) is 5.95. The van der Waals surface area contributed by atoms with Crippen molar-refractivity contribution < 1.29 is 17.9 Å². The van der Waals surface area contributed by atoms with Crippen LogP contribution in [-0.2, 0) is 10.9 Å². The Morgan fingerprint density at radius 3 is 2.62 bits per heavy atom. The summed E-state index contributed by atoms with van der Waals surface area (Å²) in [6, 6.07) is 0.714. The predicted molar refractivity (Wildman–Crippen MR) is 37.4 cm³/mol. The SMILES string of the molecule is COC(=N)c1cc(C(F)(F)F)[nH]n1. The number of nitrogens with one attached hydrogen (secondary N) is 2. The maximum atomic E-state index is 12.0. The molecule has 0 aliphatic carbocycles. The van der Waals surface area contributed by atoms with Gasteiger partial charge >= 0.3 is 6.18 Å². The maximum absolute atomic E-state index is 12.0. The molecule has 0 aliphatic heterocycles. The van der Waals surface area contributed by atoms with Gasteiger partial charge in [-0.05, 0) is 0 Å².